The van der Waals surface area contributed by atoms with Gasteiger partial charge in [0.2, 0.25) is 0 Å². The molecule has 110 valence electrons. The highest BCUT2D eigenvalue weighted by Crippen LogP contribution is 2.22. The number of aliphatic hydroxyl groups excluding tert-OH is 1. The van der Waals surface area contributed by atoms with E-state index >= 15 is 0 Å². The molecule has 0 aliphatic carbocycles. The van der Waals surface area contributed by atoms with Crippen LogP contribution in [-0.4, -0.2) is 76.2 Å². The highest BCUT2D eigenvalue weighted by atomic mass is 32.1. The van der Waals surface area contributed by atoms with Gasteiger partial charge in [-0.15, -0.1) is 11.3 Å². The molecule has 1 aromatic rings. The van der Waals surface area contributed by atoms with Crippen molar-refractivity contribution in [3.63, 3.8) is 0 Å². The summed E-state index contributed by atoms with van der Waals surface area (Å²) in [5, 5.41) is 20.1. The van der Waals surface area contributed by atoms with Gasteiger partial charge in [0.25, 0.3) is 5.91 Å². The topological polar surface area (TPSA) is 94.0 Å². The molecule has 2 N–H and O–H groups in total. The molecule has 2 heterocycles. The van der Waals surface area contributed by atoms with Crippen LogP contribution in [0.2, 0.25) is 0 Å². The monoisotopic (exact) mass is 299 g/mol. The summed E-state index contributed by atoms with van der Waals surface area (Å²) in [6, 6.07) is -0.0790. The van der Waals surface area contributed by atoms with Crippen LogP contribution in [0, 0.1) is 0 Å². The van der Waals surface area contributed by atoms with Crippen molar-refractivity contribution in [2.45, 2.75) is 18.6 Å². The van der Waals surface area contributed by atoms with Crippen LogP contribution >= 0.6 is 11.3 Å². The van der Waals surface area contributed by atoms with Crippen LogP contribution in [0.1, 0.15) is 26.7 Å². The zero-order chi connectivity index (χ0) is 14.9. The van der Waals surface area contributed by atoms with E-state index in [1.807, 2.05) is 19.0 Å². The molecule has 8 heteroatoms. The Hall–Kier alpha value is -1.51. The summed E-state index contributed by atoms with van der Waals surface area (Å²) in [7, 11) is 3.80. The third-order valence-electron chi connectivity index (χ3n) is 3.14. The SMILES string of the molecule is CN(C)CC1CC(O)CN1C(=O)c1nc(C(=O)O)cs1. The zero-order valence-electron chi connectivity index (χ0n) is 11.3. The quantitative estimate of drug-likeness (QED) is 0.811. The maximum absolute atomic E-state index is 12.4. The fourth-order valence-electron chi connectivity index (χ4n) is 2.33. The van der Waals surface area contributed by atoms with Gasteiger partial charge in [0.1, 0.15) is 0 Å². The second-order valence-corrected chi connectivity index (χ2v) is 5.96. The predicted octanol–water partition coefficient (Wildman–Crippen LogP) is -0.0217. The van der Waals surface area contributed by atoms with Gasteiger partial charge in [0.05, 0.1) is 6.10 Å². The van der Waals surface area contributed by atoms with Crippen LogP contribution in [0.5, 0.6) is 0 Å². The van der Waals surface area contributed by atoms with E-state index in [1.165, 1.54) is 5.38 Å². The molecule has 1 aliphatic heterocycles. The summed E-state index contributed by atoms with van der Waals surface area (Å²) in [5.41, 5.74) is -0.123. The fraction of sp³-hybridized carbons (Fsp3) is 0.583. The number of aromatic carboxylic acids is 1. The largest absolute Gasteiger partial charge is 0.476 e. The van der Waals surface area contributed by atoms with Gasteiger partial charge in [-0.25, -0.2) is 9.78 Å². The molecule has 7 nitrogen and oxygen atoms in total. The molecular weight excluding hydrogens is 282 g/mol. The van der Waals surface area contributed by atoms with Crippen LogP contribution in [-0.2, 0) is 0 Å². The number of rotatable bonds is 4. The van der Waals surface area contributed by atoms with E-state index in [0.717, 1.165) is 11.3 Å². The summed E-state index contributed by atoms with van der Waals surface area (Å²) in [6.07, 6.45) is -0.0102. The first-order valence-corrected chi connectivity index (χ1v) is 7.09. The first-order valence-electron chi connectivity index (χ1n) is 6.21. The van der Waals surface area contributed by atoms with Crippen molar-refractivity contribution < 1.29 is 19.8 Å². The lowest BCUT2D eigenvalue weighted by molar-refractivity contribution is 0.0689. The minimum Gasteiger partial charge on any atom is -0.476 e. The van der Waals surface area contributed by atoms with Gasteiger partial charge < -0.3 is 20.0 Å². The maximum atomic E-state index is 12.4. The molecule has 1 aromatic heterocycles. The molecule has 20 heavy (non-hydrogen) atoms. The Morgan fingerprint density at radius 1 is 1.55 bits per heavy atom. The number of thiazole rings is 1. The molecular formula is C12H17N3O4S. The molecule has 1 saturated heterocycles. The highest BCUT2D eigenvalue weighted by molar-refractivity contribution is 7.11. The molecule has 0 spiro atoms. The molecule has 0 saturated carbocycles. The lowest BCUT2D eigenvalue weighted by Gasteiger charge is -2.25. The average Bonchev–Trinajstić information content (AvgIpc) is 2.94. The van der Waals surface area contributed by atoms with Gasteiger partial charge in [-0.1, -0.05) is 0 Å². The zero-order valence-corrected chi connectivity index (χ0v) is 12.1. The van der Waals surface area contributed by atoms with Gasteiger partial charge in [-0.05, 0) is 20.5 Å². The molecule has 1 amide bonds. The number of nitrogens with zero attached hydrogens (tertiary/aromatic N) is 3. The lowest BCUT2D eigenvalue weighted by atomic mass is 10.2. The molecule has 0 bridgehead atoms. The first kappa shape index (κ1) is 14.9. The number of hydrogen-bond donors (Lipinski definition) is 2. The van der Waals surface area contributed by atoms with E-state index in [0.29, 0.717) is 13.0 Å². The number of likely N-dealkylation sites (tertiary alicyclic amines) is 1. The molecule has 1 aliphatic rings. The van der Waals surface area contributed by atoms with E-state index in [4.69, 9.17) is 5.11 Å². The maximum Gasteiger partial charge on any atom is 0.355 e. The molecule has 0 radical (unpaired) electrons. The van der Waals surface area contributed by atoms with Gasteiger partial charge in [0, 0.05) is 24.5 Å². The minimum absolute atomic E-state index is 0.0790. The summed E-state index contributed by atoms with van der Waals surface area (Å²) in [5.74, 6) is -1.46. The van der Waals surface area contributed by atoms with Crippen LogP contribution in [0.25, 0.3) is 0 Å². The number of likely N-dealkylation sites (N-methyl/N-ethyl adjacent to an activating group) is 1. The van der Waals surface area contributed by atoms with Crippen molar-refractivity contribution in [3.8, 4) is 0 Å². The number of hydrogen-bond acceptors (Lipinski definition) is 6. The van der Waals surface area contributed by atoms with Crippen LogP contribution in [0.4, 0.5) is 0 Å². The van der Waals surface area contributed by atoms with Gasteiger partial charge >= 0.3 is 5.97 Å². The number of aliphatic hydroxyl groups is 1. The number of amides is 1. The van der Waals surface area contributed by atoms with Crippen molar-refractivity contribution in [2.24, 2.45) is 0 Å². The molecule has 2 atom stereocenters. The van der Waals surface area contributed by atoms with Gasteiger partial charge in [-0.3, -0.25) is 4.79 Å². The van der Waals surface area contributed by atoms with Crippen molar-refractivity contribution in [1.29, 1.82) is 0 Å². The lowest BCUT2D eigenvalue weighted by Crippen LogP contribution is -2.41. The molecule has 1 fully saturated rings. The Bertz CT molecular complexity index is 517. The summed E-state index contributed by atoms with van der Waals surface area (Å²) >= 11 is 1.02. The van der Waals surface area contributed by atoms with E-state index in [1.54, 1.807) is 4.90 Å². The summed E-state index contributed by atoms with van der Waals surface area (Å²) in [4.78, 5) is 30.5. The van der Waals surface area contributed by atoms with Crippen LogP contribution in [0.3, 0.4) is 0 Å². The number of β-amino-alcohol motifs (C(OH)–C–C–N with tert-alkyl or cyclic N) is 1. The average molecular weight is 299 g/mol. The van der Waals surface area contributed by atoms with Crippen molar-refractivity contribution in [1.82, 2.24) is 14.8 Å². The number of carbonyl (C=O) groups excluding carboxylic acids is 1. The van der Waals surface area contributed by atoms with Gasteiger partial charge in [0.15, 0.2) is 10.7 Å². The standard InChI is InChI=1S/C12H17N3O4S/c1-14(2)4-7-3-8(16)5-15(7)11(17)10-13-9(6-20-10)12(18)19/h6-8,16H,3-5H2,1-2H3,(H,18,19). The first-order chi connectivity index (χ1) is 9.38. The fourth-order valence-corrected chi connectivity index (χ4v) is 3.07. The number of carbonyl (C=O) groups is 2. The van der Waals surface area contributed by atoms with E-state index in [-0.39, 0.29) is 29.2 Å². The Morgan fingerprint density at radius 3 is 2.80 bits per heavy atom. The van der Waals surface area contributed by atoms with E-state index < -0.39 is 12.1 Å². The number of carboxylic acid groups (broad SMARTS) is 1. The smallest absolute Gasteiger partial charge is 0.355 e. The second-order valence-electron chi connectivity index (χ2n) is 5.11. The van der Waals surface area contributed by atoms with E-state index in [9.17, 15) is 14.7 Å². The molecule has 2 unspecified atom stereocenters. The van der Waals surface area contributed by atoms with Crippen molar-refractivity contribution in [3.05, 3.63) is 16.1 Å². The van der Waals surface area contributed by atoms with E-state index in [2.05, 4.69) is 4.98 Å². The highest BCUT2D eigenvalue weighted by Gasteiger charge is 2.36. The van der Waals surface area contributed by atoms with Crippen LogP contribution < -0.4 is 0 Å². The molecule has 2 rings (SSSR count). The summed E-state index contributed by atoms with van der Waals surface area (Å²) in [6.45, 7) is 0.916. The Kier molecular flexibility index (Phi) is 4.36. The predicted molar refractivity (Wildman–Crippen MR) is 73.1 cm³/mol. The van der Waals surface area contributed by atoms with Crippen molar-refractivity contribution in [2.75, 3.05) is 27.2 Å². The second kappa shape index (κ2) is 5.86. The third-order valence-corrected chi connectivity index (χ3v) is 3.97. The Labute approximate surface area is 120 Å². The van der Waals surface area contributed by atoms with Crippen molar-refractivity contribution >= 4 is 23.2 Å². The normalized spacial score (nSPS) is 22.5. The summed E-state index contributed by atoms with van der Waals surface area (Å²) < 4.78 is 0. The third kappa shape index (κ3) is 3.14. The Morgan fingerprint density at radius 2 is 2.25 bits per heavy atom. The van der Waals surface area contributed by atoms with Crippen LogP contribution in [0.15, 0.2) is 5.38 Å². The Balaban J connectivity index is 2.15. The van der Waals surface area contributed by atoms with Gasteiger partial charge in [-0.2, -0.15) is 0 Å². The molecule has 0 aromatic carbocycles. The minimum atomic E-state index is -1.15. The number of aromatic nitrogens is 1. The number of carboxylic acids is 1.